The van der Waals surface area contributed by atoms with E-state index < -0.39 is 0 Å². The minimum Gasteiger partial charge on any atom is -0.356 e. The molecule has 1 N–H and O–H groups in total. The van der Waals surface area contributed by atoms with Crippen molar-refractivity contribution in [1.29, 1.82) is 0 Å². The predicted molar refractivity (Wildman–Crippen MR) is 151 cm³/mol. The number of hydrogen-bond acceptors (Lipinski definition) is 5. The van der Waals surface area contributed by atoms with Gasteiger partial charge >= 0.3 is 5.69 Å². The van der Waals surface area contributed by atoms with Gasteiger partial charge in [0.2, 0.25) is 5.91 Å². The number of nitrogens with one attached hydrogen (secondary N) is 1. The molecule has 2 unspecified atom stereocenters. The van der Waals surface area contributed by atoms with Crippen molar-refractivity contribution >= 4 is 17.1 Å². The highest BCUT2D eigenvalue weighted by Gasteiger charge is 2.33. The molecule has 0 spiro atoms. The SMILES string of the molecule is CCCn1c(=O)c2c(nc(-c3cnn(C(c4ccc(C(C)C)cc4)C4CNC(=O)C4)c3)n2C)n(CCC)c1=O. The number of imidazole rings is 1. The third kappa shape index (κ3) is 4.72. The number of nitrogens with zero attached hydrogens (tertiary/aromatic N) is 6. The van der Waals surface area contributed by atoms with Crippen LogP contribution in [-0.4, -0.2) is 40.9 Å². The molecule has 1 aliphatic heterocycles. The predicted octanol–water partition coefficient (Wildman–Crippen LogP) is 3.43. The Labute approximate surface area is 227 Å². The third-order valence-corrected chi connectivity index (χ3v) is 7.68. The maximum atomic E-state index is 13.4. The summed E-state index contributed by atoms with van der Waals surface area (Å²) in [7, 11) is 1.81. The number of aryl methyl sites for hydroxylation is 2. The van der Waals surface area contributed by atoms with Crippen LogP contribution in [-0.2, 0) is 24.9 Å². The fourth-order valence-electron chi connectivity index (χ4n) is 5.64. The Kier molecular flexibility index (Phi) is 7.29. The van der Waals surface area contributed by atoms with Gasteiger partial charge in [-0.1, -0.05) is 52.0 Å². The topological polar surface area (TPSA) is 109 Å². The number of benzene rings is 1. The summed E-state index contributed by atoms with van der Waals surface area (Å²) >= 11 is 0. The number of rotatable bonds is 9. The molecule has 5 rings (SSSR count). The van der Waals surface area contributed by atoms with E-state index >= 15 is 0 Å². The zero-order chi connectivity index (χ0) is 27.8. The second-order valence-electron chi connectivity index (χ2n) is 10.8. The van der Waals surface area contributed by atoms with E-state index in [1.54, 1.807) is 15.3 Å². The van der Waals surface area contributed by atoms with E-state index in [0.29, 0.717) is 55.4 Å². The summed E-state index contributed by atoms with van der Waals surface area (Å²) in [4.78, 5) is 43.5. The molecule has 1 aliphatic rings. The lowest BCUT2D eigenvalue weighted by Crippen LogP contribution is -2.40. The van der Waals surface area contributed by atoms with Gasteiger partial charge in [-0.3, -0.25) is 23.4 Å². The Morgan fingerprint density at radius 1 is 1.00 bits per heavy atom. The van der Waals surface area contributed by atoms with E-state index in [2.05, 4.69) is 43.4 Å². The molecule has 10 nitrogen and oxygen atoms in total. The number of fused-ring (bicyclic) bond motifs is 1. The smallest absolute Gasteiger partial charge is 0.332 e. The van der Waals surface area contributed by atoms with Crippen molar-refractivity contribution in [1.82, 2.24) is 33.8 Å². The Bertz CT molecular complexity index is 1620. The monoisotopic (exact) mass is 531 g/mol. The first kappa shape index (κ1) is 26.6. The van der Waals surface area contributed by atoms with E-state index in [4.69, 9.17) is 10.1 Å². The van der Waals surface area contributed by atoms with Crippen molar-refractivity contribution < 1.29 is 4.79 Å². The lowest BCUT2D eigenvalue weighted by molar-refractivity contribution is -0.119. The van der Waals surface area contributed by atoms with Crippen LogP contribution in [0.4, 0.5) is 0 Å². The van der Waals surface area contributed by atoms with Gasteiger partial charge in [0.05, 0.1) is 17.8 Å². The molecule has 39 heavy (non-hydrogen) atoms. The molecule has 1 amide bonds. The highest BCUT2D eigenvalue weighted by atomic mass is 16.2. The van der Waals surface area contributed by atoms with E-state index in [1.165, 1.54) is 10.1 Å². The molecule has 0 saturated carbocycles. The molecule has 10 heteroatoms. The molecule has 0 radical (unpaired) electrons. The highest BCUT2D eigenvalue weighted by molar-refractivity contribution is 5.78. The Morgan fingerprint density at radius 2 is 1.67 bits per heavy atom. The molecule has 4 heterocycles. The lowest BCUT2D eigenvalue weighted by atomic mass is 9.90. The van der Waals surface area contributed by atoms with E-state index in [9.17, 15) is 14.4 Å². The van der Waals surface area contributed by atoms with Gasteiger partial charge in [0.25, 0.3) is 5.56 Å². The molecule has 4 aromatic rings. The summed E-state index contributed by atoms with van der Waals surface area (Å²) in [5.41, 5.74) is 3.25. The van der Waals surface area contributed by atoms with Crippen LogP contribution in [0.3, 0.4) is 0 Å². The van der Waals surface area contributed by atoms with Crippen LogP contribution in [0.25, 0.3) is 22.6 Å². The molecule has 2 atom stereocenters. The summed E-state index contributed by atoms with van der Waals surface area (Å²) in [6, 6.07) is 8.38. The van der Waals surface area contributed by atoms with Gasteiger partial charge in [-0.05, 0) is 29.9 Å². The highest BCUT2D eigenvalue weighted by Crippen LogP contribution is 2.33. The minimum atomic E-state index is -0.323. The fraction of sp³-hybridized carbons (Fsp3) is 0.483. The van der Waals surface area contributed by atoms with E-state index in [1.807, 2.05) is 31.8 Å². The normalized spacial score (nSPS) is 16.4. The van der Waals surface area contributed by atoms with Crippen LogP contribution in [0, 0.1) is 5.92 Å². The molecule has 1 saturated heterocycles. The maximum Gasteiger partial charge on any atom is 0.332 e. The summed E-state index contributed by atoms with van der Waals surface area (Å²) in [5, 5.41) is 7.69. The van der Waals surface area contributed by atoms with Crippen LogP contribution < -0.4 is 16.6 Å². The third-order valence-electron chi connectivity index (χ3n) is 7.68. The number of carbonyl (C=O) groups is 1. The van der Waals surface area contributed by atoms with Crippen molar-refractivity contribution in [2.75, 3.05) is 6.54 Å². The van der Waals surface area contributed by atoms with Crippen molar-refractivity contribution in [3.8, 4) is 11.4 Å². The van der Waals surface area contributed by atoms with Crippen molar-refractivity contribution in [3.05, 3.63) is 68.6 Å². The van der Waals surface area contributed by atoms with Gasteiger partial charge in [-0.25, -0.2) is 9.78 Å². The molecule has 206 valence electrons. The van der Waals surface area contributed by atoms with Crippen LogP contribution in [0.1, 0.15) is 70.0 Å². The first-order chi connectivity index (χ1) is 18.7. The van der Waals surface area contributed by atoms with Crippen molar-refractivity contribution in [2.45, 2.75) is 72.0 Å². The summed E-state index contributed by atoms with van der Waals surface area (Å²) in [5.74, 6) is 1.09. The number of amides is 1. The Morgan fingerprint density at radius 3 is 2.28 bits per heavy atom. The molecular weight excluding hydrogens is 494 g/mol. The number of aromatic nitrogens is 6. The molecule has 1 fully saturated rings. The molecule has 3 aromatic heterocycles. The second kappa shape index (κ2) is 10.7. The summed E-state index contributed by atoms with van der Waals surface area (Å²) in [6.07, 6.45) is 5.53. The fourth-order valence-corrected chi connectivity index (χ4v) is 5.64. The minimum absolute atomic E-state index is 0.0452. The van der Waals surface area contributed by atoms with E-state index in [-0.39, 0.29) is 29.1 Å². The first-order valence-electron chi connectivity index (χ1n) is 13.9. The molecular formula is C29H37N7O3. The molecule has 0 aliphatic carbocycles. The summed E-state index contributed by atoms with van der Waals surface area (Å²) in [6.45, 7) is 9.70. The van der Waals surface area contributed by atoms with Crippen LogP contribution in [0.2, 0.25) is 0 Å². The largest absolute Gasteiger partial charge is 0.356 e. The van der Waals surface area contributed by atoms with Crippen LogP contribution in [0.15, 0.2) is 46.2 Å². The first-order valence-corrected chi connectivity index (χ1v) is 13.9. The van der Waals surface area contributed by atoms with Crippen molar-refractivity contribution in [3.63, 3.8) is 0 Å². The zero-order valence-electron chi connectivity index (χ0n) is 23.3. The van der Waals surface area contributed by atoms with Gasteiger partial charge < -0.3 is 9.88 Å². The molecule has 1 aromatic carbocycles. The molecule has 0 bridgehead atoms. The Hall–Kier alpha value is -3.95. The van der Waals surface area contributed by atoms with Gasteiger partial charge in [0.1, 0.15) is 5.82 Å². The maximum absolute atomic E-state index is 13.4. The quantitative estimate of drug-likeness (QED) is 0.356. The Balaban J connectivity index is 1.62. The van der Waals surface area contributed by atoms with Crippen LogP contribution in [0.5, 0.6) is 0 Å². The second-order valence-corrected chi connectivity index (χ2v) is 10.8. The average Bonchev–Trinajstić information content (AvgIpc) is 3.64. The van der Waals surface area contributed by atoms with Gasteiger partial charge in [0, 0.05) is 45.2 Å². The lowest BCUT2D eigenvalue weighted by Gasteiger charge is -2.24. The van der Waals surface area contributed by atoms with Crippen LogP contribution >= 0.6 is 0 Å². The standard InChI is InChI=1S/C29H37N7O3/c1-6-12-34-27-25(28(38)35(13-7-2)29(34)39)33(5)26(32-27)22-16-31-36(17-22)24(21-14-23(37)30-15-21)20-10-8-19(9-11-20)18(3)4/h8-11,16-18,21,24H,6-7,12-15H2,1-5H3,(H,30,37). The van der Waals surface area contributed by atoms with Gasteiger partial charge in [0.15, 0.2) is 11.2 Å². The van der Waals surface area contributed by atoms with Gasteiger partial charge in [-0.2, -0.15) is 5.10 Å². The number of hydrogen-bond donors (Lipinski definition) is 1. The zero-order valence-corrected chi connectivity index (χ0v) is 23.3. The van der Waals surface area contributed by atoms with Gasteiger partial charge in [-0.15, -0.1) is 0 Å². The average molecular weight is 532 g/mol. The number of carbonyl (C=O) groups excluding carboxylic acids is 1. The van der Waals surface area contributed by atoms with Crippen molar-refractivity contribution in [2.24, 2.45) is 13.0 Å². The van der Waals surface area contributed by atoms with E-state index in [0.717, 1.165) is 17.5 Å². The summed E-state index contributed by atoms with van der Waals surface area (Å²) < 4.78 is 6.59.